The Kier molecular flexibility index (Phi) is 4.63. The lowest BCUT2D eigenvalue weighted by atomic mass is 9.87. The summed E-state index contributed by atoms with van der Waals surface area (Å²) in [5, 5.41) is 9.38. The Morgan fingerprint density at radius 2 is 2.00 bits per heavy atom. The van der Waals surface area contributed by atoms with Crippen molar-refractivity contribution in [2.75, 3.05) is 19.7 Å². The van der Waals surface area contributed by atoms with Crippen molar-refractivity contribution >= 4 is 11.9 Å². The highest BCUT2D eigenvalue weighted by Gasteiger charge is 2.45. The Labute approximate surface area is 142 Å². The van der Waals surface area contributed by atoms with Crippen LogP contribution >= 0.6 is 0 Å². The first-order valence-electron chi connectivity index (χ1n) is 8.61. The molecule has 0 unspecified atom stereocenters. The summed E-state index contributed by atoms with van der Waals surface area (Å²) < 4.78 is 5.93. The van der Waals surface area contributed by atoms with Crippen molar-refractivity contribution in [1.82, 2.24) is 4.90 Å². The summed E-state index contributed by atoms with van der Waals surface area (Å²) in [6.45, 7) is 5.22. The van der Waals surface area contributed by atoms with Crippen LogP contribution in [0.2, 0.25) is 0 Å². The number of carbonyl (C=O) groups is 2. The predicted molar refractivity (Wildman–Crippen MR) is 89.5 cm³/mol. The zero-order chi connectivity index (χ0) is 17.3. The largest absolute Gasteiger partial charge is 0.481 e. The van der Waals surface area contributed by atoms with Gasteiger partial charge >= 0.3 is 5.97 Å². The van der Waals surface area contributed by atoms with Gasteiger partial charge in [0.25, 0.3) is 0 Å². The van der Waals surface area contributed by atoms with Crippen LogP contribution in [0, 0.1) is 18.3 Å². The monoisotopic (exact) mass is 331 g/mol. The van der Waals surface area contributed by atoms with Crippen molar-refractivity contribution in [1.29, 1.82) is 0 Å². The first kappa shape index (κ1) is 17.0. The van der Waals surface area contributed by atoms with E-state index in [9.17, 15) is 14.7 Å². The van der Waals surface area contributed by atoms with Gasteiger partial charge in [-0.2, -0.15) is 0 Å². The maximum atomic E-state index is 13.0. The van der Waals surface area contributed by atoms with Crippen molar-refractivity contribution < 1.29 is 19.4 Å². The normalized spacial score (nSPS) is 30.3. The van der Waals surface area contributed by atoms with Crippen LogP contribution in [0.3, 0.4) is 0 Å². The molecule has 130 valence electrons. The van der Waals surface area contributed by atoms with E-state index in [4.69, 9.17) is 4.74 Å². The van der Waals surface area contributed by atoms with Gasteiger partial charge < -0.3 is 14.7 Å². The number of carbonyl (C=O) groups excluding carboxylic acids is 1. The fourth-order valence-corrected chi connectivity index (χ4v) is 3.68. The van der Waals surface area contributed by atoms with Crippen LogP contribution in [0.5, 0.6) is 0 Å². The molecule has 24 heavy (non-hydrogen) atoms. The third kappa shape index (κ3) is 3.18. The number of benzene rings is 1. The number of aliphatic carboxylic acids is 1. The smallest absolute Gasteiger partial charge is 0.311 e. The number of amides is 1. The second-order valence-electron chi connectivity index (χ2n) is 7.33. The lowest BCUT2D eigenvalue weighted by Crippen LogP contribution is -2.41. The summed E-state index contributed by atoms with van der Waals surface area (Å²) in [6, 6.07) is 8.12. The maximum absolute atomic E-state index is 13.0. The Morgan fingerprint density at radius 1 is 1.29 bits per heavy atom. The number of ether oxygens (including phenoxy) is 1. The van der Waals surface area contributed by atoms with Crippen LogP contribution in [0.4, 0.5) is 0 Å². The Balaban J connectivity index is 1.77. The highest BCUT2D eigenvalue weighted by Crippen LogP contribution is 2.38. The SMILES string of the molecule is Cc1ccc([C@@H]2OCCC[C@@H]2C(=O)N2CC[C@@](C)(C(=O)O)C2)cc1. The number of rotatable bonds is 3. The van der Waals surface area contributed by atoms with E-state index in [2.05, 4.69) is 0 Å². The molecular weight excluding hydrogens is 306 g/mol. The summed E-state index contributed by atoms with van der Waals surface area (Å²) >= 11 is 0. The number of aryl methyl sites for hydroxylation is 1. The van der Waals surface area contributed by atoms with E-state index < -0.39 is 11.4 Å². The highest BCUT2D eigenvalue weighted by molar-refractivity contribution is 5.82. The van der Waals surface area contributed by atoms with Gasteiger partial charge in [0, 0.05) is 19.7 Å². The molecule has 0 radical (unpaired) electrons. The number of carboxylic acids is 1. The Morgan fingerprint density at radius 3 is 2.62 bits per heavy atom. The first-order chi connectivity index (χ1) is 11.4. The average Bonchev–Trinajstić information content (AvgIpc) is 2.99. The minimum Gasteiger partial charge on any atom is -0.481 e. The van der Waals surface area contributed by atoms with Gasteiger partial charge in [-0.15, -0.1) is 0 Å². The predicted octanol–water partition coefficient (Wildman–Crippen LogP) is 2.79. The molecule has 2 heterocycles. The van der Waals surface area contributed by atoms with E-state index in [1.165, 1.54) is 5.56 Å². The topological polar surface area (TPSA) is 66.8 Å². The third-order valence-corrected chi connectivity index (χ3v) is 5.35. The van der Waals surface area contributed by atoms with Crippen LogP contribution < -0.4 is 0 Å². The van der Waals surface area contributed by atoms with Crippen LogP contribution in [-0.4, -0.2) is 41.6 Å². The molecule has 3 atom stereocenters. The molecule has 1 N–H and O–H groups in total. The number of carboxylic acid groups (broad SMARTS) is 1. The lowest BCUT2D eigenvalue weighted by molar-refractivity contribution is -0.149. The maximum Gasteiger partial charge on any atom is 0.311 e. The molecule has 1 aromatic rings. The zero-order valence-corrected chi connectivity index (χ0v) is 14.3. The molecule has 5 heteroatoms. The molecular formula is C19H25NO4. The van der Waals surface area contributed by atoms with Crippen molar-refractivity contribution in [2.24, 2.45) is 11.3 Å². The molecule has 5 nitrogen and oxygen atoms in total. The van der Waals surface area contributed by atoms with Gasteiger partial charge in [-0.05, 0) is 38.7 Å². The quantitative estimate of drug-likeness (QED) is 0.925. The van der Waals surface area contributed by atoms with Gasteiger partial charge in [0.15, 0.2) is 0 Å². The Hall–Kier alpha value is -1.88. The molecule has 0 bridgehead atoms. The zero-order valence-electron chi connectivity index (χ0n) is 14.3. The second kappa shape index (κ2) is 6.55. The number of hydrogen-bond acceptors (Lipinski definition) is 3. The summed E-state index contributed by atoms with van der Waals surface area (Å²) in [7, 11) is 0. The van der Waals surface area contributed by atoms with Gasteiger partial charge in [0.1, 0.15) is 0 Å². The number of hydrogen-bond donors (Lipinski definition) is 1. The summed E-state index contributed by atoms with van der Waals surface area (Å²) in [5.74, 6) is -1.02. The van der Waals surface area contributed by atoms with E-state index >= 15 is 0 Å². The van der Waals surface area contributed by atoms with Gasteiger partial charge in [-0.1, -0.05) is 29.8 Å². The van der Waals surface area contributed by atoms with E-state index in [0.717, 1.165) is 18.4 Å². The number of nitrogens with zero attached hydrogens (tertiary/aromatic N) is 1. The average molecular weight is 331 g/mol. The summed E-state index contributed by atoms with van der Waals surface area (Å²) in [4.78, 5) is 26.2. The summed E-state index contributed by atoms with van der Waals surface area (Å²) in [5.41, 5.74) is 1.37. The van der Waals surface area contributed by atoms with Crippen molar-refractivity contribution in [3.8, 4) is 0 Å². The van der Waals surface area contributed by atoms with Crippen molar-refractivity contribution in [3.05, 3.63) is 35.4 Å². The standard InChI is InChI=1S/C19H25NO4/c1-13-5-7-14(8-6-13)16-15(4-3-11-24-16)17(21)20-10-9-19(2,12-20)18(22)23/h5-8,15-16H,3-4,9-12H2,1-2H3,(H,22,23)/t15-,16-,19+/m0/s1. The molecule has 2 aliphatic heterocycles. The molecule has 0 spiro atoms. The number of likely N-dealkylation sites (tertiary alicyclic amines) is 1. The molecule has 3 rings (SSSR count). The molecule has 2 saturated heterocycles. The molecule has 1 amide bonds. The molecule has 1 aromatic carbocycles. The van der Waals surface area contributed by atoms with Gasteiger partial charge in [0.2, 0.25) is 5.91 Å². The molecule has 0 aliphatic carbocycles. The van der Waals surface area contributed by atoms with Crippen molar-refractivity contribution in [2.45, 2.75) is 39.2 Å². The first-order valence-corrected chi connectivity index (χ1v) is 8.61. The van der Waals surface area contributed by atoms with E-state index in [0.29, 0.717) is 19.6 Å². The van der Waals surface area contributed by atoms with Crippen molar-refractivity contribution in [3.63, 3.8) is 0 Å². The fraction of sp³-hybridized carbons (Fsp3) is 0.579. The van der Waals surface area contributed by atoms with Gasteiger partial charge in [-0.3, -0.25) is 9.59 Å². The minimum absolute atomic E-state index is 0.0326. The van der Waals surface area contributed by atoms with E-state index in [1.807, 2.05) is 31.2 Å². The van der Waals surface area contributed by atoms with Crippen LogP contribution in [-0.2, 0) is 14.3 Å². The van der Waals surface area contributed by atoms with E-state index in [-0.39, 0.29) is 24.5 Å². The van der Waals surface area contributed by atoms with Crippen LogP contribution in [0.25, 0.3) is 0 Å². The molecule has 2 aliphatic rings. The third-order valence-electron chi connectivity index (χ3n) is 5.35. The molecule has 0 saturated carbocycles. The second-order valence-corrected chi connectivity index (χ2v) is 7.33. The fourth-order valence-electron chi connectivity index (χ4n) is 3.68. The van der Waals surface area contributed by atoms with Gasteiger partial charge in [-0.25, -0.2) is 0 Å². The highest BCUT2D eigenvalue weighted by atomic mass is 16.5. The van der Waals surface area contributed by atoms with Crippen LogP contribution in [0.1, 0.15) is 43.4 Å². The van der Waals surface area contributed by atoms with E-state index in [1.54, 1.807) is 11.8 Å². The summed E-state index contributed by atoms with van der Waals surface area (Å²) in [6.07, 6.45) is 1.93. The Bertz CT molecular complexity index is 627. The van der Waals surface area contributed by atoms with Gasteiger partial charge in [0.05, 0.1) is 17.4 Å². The molecule has 2 fully saturated rings. The minimum atomic E-state index is -0.829. The lowest BCUT2D eigenvalue weighted by Gasteiger charge is -2.34. The molecule has 0 aromatic heterocycles. The van der Waals surface area contributed by atoms with Crippen LogP contribution in [0.15, 0.2) is 24.3 Å².